The van der Waals surface area contributed by atoms with Crippen molar-refractivity contribution in [1.29, 1.82) is 0 Å². The van der Waals surface area contributed by atoms with Crippen molar-refractivity contribution in [2.45, 2.75) is 90.5 Å². The topological polar surface area (TPSA) is 66.5 Å². The Morgan fingerprint density at radius 2 is 1.81 bits per heavy atom. The zero-order valence-corrected chi connectivity index (χ0v) is 20.3. The van der Waals surface area contributed by atoms with Crippen molar-refractivity contribution in [3.63, 3.8) is 0 Å². The van der Waals surface area contributed by atoms with Gasteiger partial charge < -0.3 is 23.7 Å². The second-order valence-electron chi connectivity index (χ2n) is 11.8. The molecule has 0 bridgehead atoms. The Hall–Kier alpha value is -1.11. The second-order valence-corrected chi connectivity index (χ2v) is 11.8. The summed E-state index contributed by atoms with van der Waals surface area (Å²) in [4.78, 5) is 11.6. The zero-order chi connectivity index (χ0) is 22.6. The van der Waals surface area contributed by atoms with Crippen LogP contribution in [0.15, 0.2) is 11.3 Å². The molecular formula is C26H38O6. The molecule has 0 aromatic rings. The Kier molecular flexibility index (Phi) is 4.51. The summed E-state index contributed by atoms with van der Waals surface area (Å²) in [5.41, 5.74) is 1.70. The second kappa shape index (κ2) is 6.73. The molecule has 0 amide bonds. The minimum absolute atomic E-state index is 0.0918. The molecule has 0 radical (unpaired) electrons. The summed E-state index contributed by atoms with van der Waals surface area (Å²) in [6.07, 6.45) is 6.64. The average molecular weight is 447 g/mol. The first-order valence-corrected chi connectivity index (χ1v) is 12.6. The monoisotopic (exact) mass is 446 g/mol. The summed E-state index contributed by atoms with van der Waals surface area (Å²) >= 11 is 0. The van der Waals surface area contributed by atoms with Crippen LogP contribution in [-0.4, -0.2) is 44.5 Å². The van der Waals surface area contributed by atoms with Crippen LogP contribution in [0.25, 0.3) is 0 Å². The van der Waals surface area contributed by atoms with Crippen molar-refractivity contribution < 1.29 is 28.5 Å². The van der Waals surface area contributed by atoms with E-state index in [4.69, 9.17) is 23.7 Å². The van der Waals surface area contributed by atoms with Crippen molar-refractivity contribution in [2.24, 2.45) is 40.4 Å². The Labute approximate surface area is 191 Å². The lowest BCUT2D eigenvalue weighted by molar-refractivity contribution is -0.172. The van der Waals surface area contributed by atoms with Crippen LogP contribution in [0, 0.1) is 40.4 Å². The van der Waals surface area contributed by atoms with Crippen LogP contribution in [0.1, 0.15) is 66.2 Å². The zero-order valence-electron chi connectivity index (χ0n) is 20.3. The van der Waals surface area contributed by atoms with Gasteiger partial charge in [0.05, 0.1) is 5.57 Å². The summed E-state index contributed by atoms with van der Waals surface area (Å²) in [7, 11) is 3.51. The van der Waals surface area contributed by atoms with Gasteiger partial charge in [-0.25, -0.2) is 0 Å². The Bertz CT molecular complexity index is 864. The molecule has 32 heavy (non-hydrogen) atoms. The minimum atomic E-state index is -0.520. The van der Waals surface area contributed by atoms with Gasteiger partial charge in [0.25, 0.3) is 5.79 Å². The van der Waals surface area contributed by atoms with Gasteiger partial charge in [-0.2, -0.15) is 0 Å². The van der Waals surface area contributed by atoms with E-state index in [-0.39, 0.29) is 35.3 Å². The van der Waals surface area contributed by atoms with Gasteiger partial charge in [-0.15, -0.1) is 0 Å². The van der Waals surface area contributed by atoms with Gasteiger partial charge in [-0.05, 0) is 67.6 Å². The first-order chi connectivity index (χ1) is 15.2. The average Bonchev–Trinajstić information content (AvgIpc) is 3.38. The largest absolute Gasteiger partial charge is 0.455 e. The minimum Gasteiger partial charge on any atom is -0.455 e. The lowest BCUT2D eigenvalue weighted by Gasteiger charge is -2.61. The summed E-state index contributed by atoms with van der Waals surface area (Å²) in [5.74, 6) is 2.91. The third kappa shape index (κ3) is 2.44. The number of carbonyl (C=O) groups is 1. The van der Waals surface area contributed by atoms with Crippen LogP contribution in [-0.2, 0) is 28.5 Å². The molecule has 2 aliphatic heterocycles. The molecule has 0 N–H and O–H groups in total. The van der Waals surface area contributed by atoms with Gasteiger partial charge in [-0.3, -0.25) is 4.79 Å². The molecule has 178 valence electrons. The summed E-state index contributed by atoms with van der Waals surface area (Å²) < 4.78 is 29.8. The van der Waals surface area contributed by atoms with Gasteiger partial charge in [0.2, 0.25) is 0 Å². The Morgan fingerprint density at radius 1 is 1.06 bits per heavy atom. The van der Waals surface area contributed by atoms with E-state index in [1.807, 2.05) is 0 Å². The summed E-state index contributed by atoms with van der Waals surface area (Å²) in [5, 5.41) is 0. The number of rotatable bonds is 5. The van der Waals surface area contributed by atoms with Gasteiger partial charge in [-0.1, -0.05) is 20.8 Å². The number of methoxy groups -OCH3 is 2. The molecule has 4 fully saturated rings. The standard InChI is InChI=1S/C26H38O6/c1-13(23(28-5)29-6)15-7-8-16-19-17(9-11-24(15,16)3)25(4)12-10-18(30-14(2)27)20-21(25)26(31-20)22(19)32-26/h13,15-19,22-23H,7-12H2,1-6H3/t13?,15-,16+,17+,18+,19+,22+,24-,25-,26+/m1/s1. The van der Waals surface area contributed by atoms with E-state index in [0.29, 0.717) is 29.6 Å². The highest BCUT2D eigenvalue weighted by atomic mass is 16.8. The van der Waals surface area contributed by atoms with E-state index >= 15 is 0 Å². The quantitative estimate of drug-likeness (QED) is 0.354. The molecule has 10 atom stereocenters. The molecule has 1 spiro atoms. The van der Waals surface area contributed by atoms with E-state index in [1.54, 1.807) is 14.2 Å². The SMILES string of the molecule is COC(OC)C(C)[C@H]1CC[C@H]2[C@@H]3[C@@H]4O[C@]45OC4=C5[C@](C)(CC[C@@H]4OC(C)=O)[C@H]3CC[C@]12C. The van der Waals surface area contributed by atoms with Gasteiger partial charge in [0, 0.05) is 32.5 Å². The maximum atomic E-state index is 11.6. The number of esters is 1. The lowest BCUT2D eigenvalue weighted by atomic mass is 9.45. The van der Waals surface area contributed by atoms with Crippen LogP contribution >= 0.6 is 0 Å². The van der Waals surface area contributed by atoms with Crippen LogP contribution < -0.4 is 0 Å². The van der Waals surface area contributed by atoms with E-state index in [2.05, 4.69) is 20.8 Å². The fraction of sp³-hybridized carbons (Fsp3) is 0.885. The highest BCUT2D eigenvalue weighted by molar-refractivity contribution is 5.67. The highest BCUT2D eigenvalue weighted by Gasteiger charge is 2.83. The molecule has 1 unspecified atom stereocenters. The molecule has 0 aromatic carbocycles. The first-order valence-electron chi connectivity index (χ1n) is 12.6. The molecule has 2 heterocycles. The molecule has 0 aromatic heterocycles. The number of hydrogen-bond acceptors (Lipinski definition) is 6. The van der Waals surface area contributed by atoms with Crippen LogP contribution in [0.4, 0.5) is 0 Å². The molecule has 6 rings (SSSR count). The lowest BCUT2D eigenvalue weighted by Crippen LogP contribution is -2.61. The van der Waals surface area contributed by atoms with Crippen molar-refractivity contribution in [1.82, 2.24) is 0 Å². The maximum Gasteiger partial charge on any atom is 0.303 e. The molecule has 3 saturated carbocycles. The van der Waals surface area contributed by atoms with Gasteiger partial charge in [0.1, 0.15) is 11.9 Å². The molecule has 6 aliphatic rings. The predicted octanol–water partition coefficient (Wildman–Crippen LogP) is 4.42. The fourth-order valence-corrected chi connectivity index (χ4v) is 9.42. The van der Waals surface area contributed by atoms with E-state index < -0.39 is 5.79 Å². The van der Waals surface area contributed by atoms with Crippen molar-refractivity contribution in [2.75, 3.05) is 14.2 Å². The van der Waals surface area contributed by atoms with E-state index in [1.165, 1.54) is 38.2 Å². The third-order valence-corrected chi connectivity index (χ3v) is 10.7. The summed E-state index contributed by atoms with van der Waals surface area (Å²) in [6, 6.07) is 0. The van der Waals surface area contributed by atoms with Crippen LogP contribution in [0.3, 0.4) is 0 Å². The van der Waals surface area contributed by atoms with Gasteiger partial charge in [0.15, 0.2) is 12.4 Å². The summed E-state index contributed by atoms with van der Waals surface area (Å²) in [6.45, 7) is 8.75. The molecule has 6 heteroatoms. The molecule has 4 aliphatic carbocycles. The number of carbonyl (C=O) groups excluding carboxylic acids is 1. The smallest absolute Gasteiger partial charge is 0.303 e. The number of epoxide rings is 1. The number of fused-ring (bicyclic) bond motifs is 5. The predicted molar refractivity (Wildman–Crippen MR) is 116 cm³/mol. The Balaban J connectivity index is 1.32. The molecule has 6 nitrogen and oxygen atoms in total. The van der Waals surface area contributed by atoms with Crippen LogP contribution in [0.2, 0.25) is 0 Å². The Morgan fingerprint density at radius 3 is 2.50 bits per heavy atom. The van der Waals surface area contributed by atoms with Crippen LogP contribution in [0.5, 0.6) is 0 Å². The van der Waals surface area contributed by atoms with Crippen molar-refractivity contribution in [3.8, 4) is 0 Å². The maximum absolute atomic E-state index is 11.6. The van der Waals surface area contributed by atoms with Crippen molar-refractivity contribution >= 4 is 5.97 Å². The number of ether oxygens (including phenoxy) is 5. The molecular weight excluding hydrogens is 408 g/mol. The van der Waals surface area contributed by atoms with E-state index in [9.17, 15) is 4.79 Å². The van der Waals surface area contributed by atoms with Crippen molar-refractivity contribution in [3.05, 3.63) is 11.3 Å². The first kappa shape index (κ1) is 21.4. The van der Waals surface area contributed by atoms with E-state index in [0.717, 1.165) is 18.6 Å². The number of hydrogen-bond donors (Lipinski definition) is 0. The fourth-order valence-electron chi connectivity index (χ4n) is 9.42. The normalized spacial score (nSPS) is 51.0. The highest BCUT2D eigenvalue weighted by Crippen LogP contribution is 2.77. The van der Waals surface area contributed by atoms with Gasteiger partial charge >= 0.3 is 5.97 Å². The third-order valence-electron chi connectivity index (χ3n) is 10.7. The molecule has 1 saturated heterocycles.